The van der Waals surface area contributed by atoms with Crippen LogP contribution in [-0.2, 0) is 4.74 Å². The number of carbonyl (C=O) groups excluding carboxylic acids is 1. The molecule has 3 heterocycles. The molecular formula is C28H29N5O4. The molecule has 0 aliphatic carbocycles. The molecule has 9 heteroatoms. The fourth-order valence-corrected chi connectivity index (χ4v) is 4.60. The van der Waals surface area contributed by atoms with E-state index >= 15 is 0 Å². The SMILES string of the molecule is COc1cc(Nc2nccc(-c3ccc(OC4CCOCC4)c(C#N)c3)n2)ccc1C(=O)N1CCCC1. The predicted octanol–water partition coefficient (Wildman–Crippen LogP) is 4.56. The number of amides is 1. The highest BCUT2D eigenvalue weighted by molar-refractivity contribution is 5.97. The third-order valence-corrected chi connectivity index (χ3v) is 6.59. The van der Waals surface area contributed by atoms with E-state index in [2.05, 4.69) is 21.4 Å². The molecule has 0 bridgehead atoms. The summed E-state index contributed by atoms with van der Waals surface area (Å²) in [6, 6.07) is 14.9. The summed E-state index contributed by atoms with van der Waals surface area (Å²) >= 11 is 0. The maximum atomic E-state index is 12.8. The van der Waals surface area contributed by atoms with Crippen LogP contribution in [0.15, 0.2) is 48.7 Å². The van der Waals surface area contributed by atoms with E-state index in [0.29, 0.717) is 53.2 Å². The zero-order valence-corrected chi connectivity index (χ0v) is 20.8. The van der Waals surface area contributed by atoms with E-state index in [1.54, 1.807) is 37.6 Å². The van der Waals surface area contributed by atoms with Crippen LogP contribution >= 0.6 is 0 Å². The highest BCUT2D eigenvalue weighted by Gasteiger charge is 2.23. The molecule has 2 aliphatic rings. The van der Waals surface area contributed by atoms with Crippen LogP contribution in [-0.4, -0.2) is 60.3 Å². The van der Waals surface area contributed by atoms with E-state index in [9.17, 15) is 10.1 Å². The zero-order valence-electron chi connectivity index (χ0n) is 20.8. The molecule has 0 saturated carbocycles. The number of methoxy groups -OCH3 is 1. The van der Waals surface area contributed by atoms with Gasteiger partial charge in [-0.25, -0.2) is 9.97 Å². The summed E-state index contributed by atoms with van der Waals surface area (Å²) in [4.78, 5) is 23.7. The van der Waals surface area contributed by atoms with Crippen molar-refractivity contribution in [2.45, 2.75) is 31.8 Å². The molecule has 0 spiro atoms. The van der Waals surface area contributed by atoms with Crippen molar-refractivity contribution < 1.29 is 19.0 Å². The van der Waals surface area contributed by atoms with Crippen LogP contribution in [0.4, 0.5) is 11.6 Å². The van der Waals surface area contributed by atoms with Crippen LogP contribution in [0.5, 0.6) is 11.5 Å². The van der Waals surface area contributed by atoms with Crippen LogP contribution in [0.1, 0.15) is 41.6 Å². The van der Waals surface area contributed by atoms with Gasteiger partial charge in [-0.05, 0) is 49.2 Å². The van der Waals surface area contributed by atoms with Crippen molar-refractivity contribution in [1.29, 1.82) is 5.26 Å². The number of likely N-dealkylation sites (tertiary alicyclic amines) is 1. The molecule has 0 radical (unpaired) electrons. The van der Waals surface area contributed by atoms with E-state index in [0.717, 1.165) is 44.3 Å². The number of ether oxygens (including phenoxy) is 3. The smallest absolute Gasteiger partial charge is 0.257 e. The predicted molar refractivity (Wildman–Crippen MR) is 138 cm³/mol. The van der Waals surface area contributed by atoms with Crippen molar-refractivity contribution in [3.63, 3.8) is 0 Å². The molecule has 0 atom stereocenters. The van der Waals surface area contributed by atoms with Gasteiger partial charge in [0.2, 0.25) is 5.95 Å². The van der Waals surface area contributed by atoms with Crippen molar-refractivity contribution in [3.8, 4) is 28.8 Å². The Hall–Kier alpha value is -4.16. The Morgan fingerprint density at radius 2 is 1.92 bits per heavy atom. The van der Waals surface area contributed by atoms with Gasteiger partial charge in [-0.2, -0.15) is 5.26 Å². The number of nitrogens with zero attached hydrogens (tertiary/aromatic N) is 4. The number of rotatable bonds is 7. The minimum absolute atomic E-state index is 0.0170. The Kier molecular flexibility index (Phi) is 7.47. The number of nitriles is 1. The number of hydrogen-bond donors (Lipinski definition) is 1. The Balaban J connectivity index is 1.33. The third kappa shape index (κ3) is 5.65. The van der Waals surface area contributed by atoms with Crippen LogP contribution in [0, 0.1) is 11.3 Å². The molecule has 0 unspecified atom stereocenters. The van der Waals surface area contributed by atoms with E-state index in [4.69, 9.17) is 14.2 Å². The van der Waals surface area contributed by atoms with Crippen LogP contribution in [0.2, 0.25) is 0 Å². The number of aromatic nitrogens is 2. The Bertz CT molecular complexity index is 1310. The van der Waals surface area contributed by atoms with Crippen LogP contribution < -0.4 is 14.8 Å². The Morgan fingerprint density at radius 1 is 1.11 bits per heavy atom. The van der Waals surface area contributed by atoms with Gasteiger partial charge in [-0.3, -0.25) is 4.79 Å². The van der Waals surface area contributed by atoms with Gasteiger partial charge in [0.05, 0.1) is 37.1 Å². The summed E-state index contributed by atoms with van der Waals surface area (Å²) < 4.78 is 17.0. The maximum Gasteiger partial charge on any atom is 0.257 e. The van der Waals surface area contributed by atoms with Gasteiger partial charge in [0.1, 0.15) is 23.7 Å². The quantitative estimate of drug-likeness (QED) is 0.504. The van der Waals surface area contributed by atoms with Crippen molar-refractivity contribution >= 4 is 17.5 Å². The molecule has 1 amide bonds. The second-order valence-corrected chi connectivity index (χ2v) is 9.06. The molecule has 37 heavy (non-hydrogen) atoms. The molecule has 2 fully saturated rings. The lowest BCUT2D eigenvalue weighted by atomic mass is 10.1. The van der Waals surface area contributed by atoms with Gasteiger partial charge in [0.15, 0.2) is 0 Å². The summed E-state index contributed by atoms with van der Waals surface area (Å²) in [5.74, 6) is 1.44. The van der Waals surface area contributed by atoms with Gasteiger partial charge >= 0.3 is 0 Å². The first-order chi connectivity index (χ1) is 18.1. The molecule has 1 aromatic heterocycles. The monoisotopic (exact) mass is 499 g/mol. The number of hydrogen-bond acceptors (Lipinski definition) is 8. The standard InChI is InChI=1S/C28H29N5O4/c1-35-26-17-21(5-6-23(26)27(34)33-12-2-3-13-33)31-28-30-11-8-24(32-28)19-4-7-25(20(16-19)18-29)37-22-9-14-36-15-10-22/h4-8,11,16-17,22H,2-3,9-10,12-15H2,1H3,(H,30,31,32). The lowest BCUT2D eigenvalue weighted by Gasteiger charge is -2.23. The maximum absolute atomic E-state index is 12.8. The molecular weight excluding hydrogens is 470 g/mol. The Morgan fingerprint density at radius 3 is 2.68 bits per heavy atom. The van der Waals surface area contributed by atoms with Crippen molar-refractivity contribution in [3.05, 3.63) is 59.8 Å². The summed E-state index contributed by atoms with van der Waals surface area (Å²) in [6.45, 7) is 2.90. The highest BCUT2D eigenvalue weighted by atomic mass is 16.5. The van der Waals surface area contributed by atoms with Crippen molar-refractivity contribution in [2.75, 3.05) is 38.7 Å². The second-order valence-electron chi connectivity index (χ2n) is 9.06. The molecule has 2 saturated heterocycles. The minimum atomic E-state index is -0.0170. The number of benzene rings is 2. The van der Waals surface area contributed by atoms with E-state index < -0.39 is 0 Å². The summed E-state index contributed by atoms with van der Waals surface area (Å²) in [5.41, 5.74) is 3.14. The van der Waals surface area contributed by atoms with Crippen LogP contribution in [0.3, 0.4) is 0 Å². The summed E-state index contributed by atoms with van der Waals surface area (Å²) in [6.07, 6.45) is 5.39. The van der Waals surface area contributed by atoms with Crippen molar-refractivity contribution in [1.82, 2.24) is 14.9 Å². The van der Waals surface area contributed by atoms with E-state index in [-0.39, 0.29) is 12.0 Å². The normalized spacial score (nSPS) is 15.7. The van der Waals surface area contributed by atoms with Gasteiger partial charge in [-0.1, -0.05) is 0 Å². The molecule has 1 N–H and O–H groups in total. The van der Waals surface area contributed by atoms with Crippen LogP contribution in [0.25, 0.3) is 11.3 Å². The average Bonchev–Trinajstić information content (AvgIpc) is 3.49. The first-order valence-corrected chi connectivity index (χ1v) is 12.5. The lowest BCUT2D eigenvalue weighted by Crippen LogP contribution is -2.27. The number of nitrogens with one attached hydrogen (secondary N) is 1. The topological polar surface area (TPSA) is 110 Å². The fraction of sp³-hybridized carbons (Fsp3) is 0.357. The van der Waals surface area contributed by atoms with Gasteiger partial charge < -0.3 is 24.4 Å². The zero-order chi connectivity index (χ0) is 25.6. The third-order valence-electron chi connectivity index (χ3n) is 6.59. The van der Waals surface area contributed by atoms with Gasteiger partial charge in [0, 0.05) is 49.4 Å². The number of carbonyl (C=O) groups is 1. The van der Waals surface area contributed by atoms with Gasteiger partial charge in [0.25, 0.3) is 5.91 Å². The first-order valence-electron chi connectivity index (χ1n) is 12.5. The number of anilines is 2. The van der Waals surface area contributed by atoms with Gasteiger partial charge in [-0.15, -0.1) is 0 Å². The second kappa shape index (κ2) is 11.3. The molecule has 2 aliphatic heterocycles. The minimum Gasteiger partial charge on any atom is -0.496 e. The summed E-state index contributed by atoms with van der Waals surface area (Å²) in [5, 5.41) is 12.9. The molecule has 190 valence electrons. The van der Waals surface area contributed by atoms with E-state index in [1.165, 1.54) is 0 Å². The molecule has 2 aromatic carbocycles. The molecule has 5 rings (SSSR count). The Labute approximate surface area is 216 Å². The first kappa shape index (κ1) is 24.5. The van der Waals surface area contributed by atoms with E-state index in [1.807, 2.05) is 23.1 Å². The highest BCUT2D eigenvalue weighted by Crippen LogP contribution is 2.30. The lowest BCUT2D eigenvalue weighted by molar-refractivity contribution is 0.0254. The van der Waals surface area contributed by atoms with Crippen molar-refractivity contribution in [2.24, 2.45) is 0 Å². The largest absolute Gasteiger partial charge is 0.496 e. The summed E-state index contributed by atoms with van der Waals surface area (Å²) in [7, 11) is 1.55. The molecule has 9 nitrogen and oxygen atoms in total. The average molecular weight is 500 g/mol. The molecule has 3 aromatic rings. The fourth-order valence-electron chi connectivity index (χ4n) is 4.60.